The van der Waals surface area contributed by atoms with Crippen molar-refractivity contribution >= 4 is 5.97 Å². The van der Waals surface area contributed by atoms with Gasteiger partial charge >= 0.3 is 5.97 Å². The van der Waals surface area contributed by atoms with Crippen LogP contribution in [0.25, 0.3) is 0 Å². The van der Waals surface area contributed by atoms with Crippen molar-refractivity contribution in [2.24, 2.45) is 0 Å². The second-order valence-electron chi connectivity index (χ2n) is 5.47. The average molecular weight is 263 g/mol. The van der Waals surface area contributed by atoms with Crippen LogP contribution in [0, 0.1) is 13.8 Å². The molecule has 1 aromatic carbocycles. The van der Waals surface area contributed by atoms with E-state index in [0.717, 1.165) is 0 Å². The molecule has 0 radical (unpaired) electrons. The summed E-state index contributed by atoms with van der Waals surface area (Å²) in [5, 5.41) is 0. The van der Waals surface area contributed by atoms with Crippen LogP contribution in [0.4, 0.5) is 0 Å². The molecule has 0 bridgehead atoms. The molecular weight excluding hydrogens is 238 g/mol. The fraction of sp³-hybridized carbons (Fsp3) is 0.562. The van der Waals surface area contributed by atoms with Gasteiger partial charge < -0.3 is 4.74 Å². The molecule has 1 atom stereocenters. The van der Waals surface area contributed by atoms with E-state index in [2.05, 4.69) is 43.9 Å². The highest BCUT2D eigenvalue weighted by Gasteiger charge is 2.33. The summed E-state index contributed by atoms with van der Waals surface area (Å²) in [7, 11) is 4.00. The predicted molar refractivity (Wildman–Crippen MR) is 78.2 cm³/mol. The first-order chi connectivity index (χ1) is 8.81. The van der Waals surface area contributed by atoms with Gasteiger partial charge in [0.2, 0.25) is 0 Å². The second-order valence-corrected chi connectivity index (χ2v) is 5.47. The Hall–Kier alpha value is -1.35. The van der Waals surface area contributed by atoms with Crippen LogP contribution in [-0.4, -0.2) is 31.6 Å². The molecule has 3 nitrogen and oxygen atoms in total. The fourth-order valence-electron chi connectivity index (χ4n) is 2.41. The molecule has 1 unspecified atom stereocenters. The average Bonchev–Trinajstić information content (AvgIpc) is 2.28. The third-order valence-corrected chi connectivity index (χ3v) is 3.74. The Morgan fingerprint density at radius 1 is 1.32 bits per heavy atom. The minimum atomic E-state index is -0.343. The summed E-state index contributed by atoms with van der Waals surface area (Å²) in [6.45, 7) is 8.52. The number of aryl methyl sites for hydroxylation is 2. The molecule has 0 aromatic heterocycles. The summed E-state index contributed by atoms with van der Waals surface area (Å²) >= 11 is 0. The lowest BCUT2D eigenvalue weighted by atomic mass is 9.84. The van der Waals surface area contributed by atoms with Crippen molar-refractivity contribution in [3.8, 4) is 0 Å². The minimum absolute atomic E-state index is 0.154. The van der Waals surface area contributed by atoms with Gasteiger partial charge in [0.1, 0.15) is 0 Å². The zero-order chi connectivity index (χ0) is 14.6. The topological polar surface area (TPSA) is 29.5 Å². The molecule has 19 heavy (non-hydrogen) atoms. The van der Waals surface area contributed by atoms with Crippen LogP contribution < -0.4 is 0 Å². The molecule has 0 N–H and O–H groups in total. The highest BCUT2D eigenvalue weighted by atomic mass is 16.5. The number of esters is 1. The van der Waals surface area contributed by atoms with E-state index in [0.29, 0.717) is 13.0 Å². The first-order valence-electron chi connectivity index (χ1n) is 6.72. The van der Waals surface area contributed by atoms with Crippen molar-refractivity contribution in [2.45, 2.75) is 39.7 Å². The van der Waals surface area contributed by atoms with Gasteiger partial charge in [0.25, 0.3) is 0 Å². The van der Waals surface area contributed by atoms with Crippen molar-refractivity contribution in [1.82, 2.24) is 4.90 Å². The lowest BCUT2D eigenvalue weighted by Crippen LogP contribution is -2.41. The molecular formula is C16H25NO2. The summed E-state index contributed by atoms with van der Waals surface area (Å²) in [6, 6.07) is 6.36. The number of benzene rings is 1. The van der Waals surface area contributed by atoms with Crippen molar-refractivity contribution in [1.29, 1.82) is 0 Å². The standard InChI is InChI=1S/C16H25NO2/c1-7-19-15(18)11-16(4,17(5)6)14-9-8-12(2)10-13(14)3/h8-10H,7,11H2,1-6H3. The van der Waals surface area contributed by atoms with E-state index in [1.54, 1.807) is 0 Å². The molecule has 0 saturated heterocycles. The van der Waals surface area contributed by atoms with Gasteiger partial charge in [-0.05, 0) is 52.9 Å². The third-order valence-electron chi connectivity index (χ3n) is 3.74. The van der Waals surface area contributed by atoms with Crippen LogP contribution >= 0.6 is 0 Å². The van der Waals surface area contributed by atoms with E-state index in [9.17, 15) is 4.79 Å². The Morgan fingerprint density at radius 2 is 1.95 bits per heavy atom. The molecule has 1 rings (SSSR count). The SMILES string of the molecule is CCOC(=O)CC(C)(c1ccc(C)cc1C)N(C)C. The van der Waals surface area contributed by atoms with E-state index in [4.69, 9.17) is 4.74 Å². The number of rotatable bonds is 5. The zero-order valence-electron chi connectivity index (χ0n) is 12.9. The summed E-state index contributed by atoms with van der Waals surface area (Å²) in [5.74, 6) is -0.154. The first-order valence-corrected chi connectivity index (χ1v) is 6.72. The van der Waals surface area contributed by atoms with E-state index in [-0.39, 0.29) is 11.5 Å². The van der Waals surface area contributed by atoms with Gasteiger partial charge in [0.05, 0.1) is 18.6 Å². The molecule has 0 amide bonds. The molecule has 0 aliphatic rings. The minimum Gasteiger partial charge on any atom is -0.466 e. The Morgan fingerprint density at radius 3 is 2.42 bits per heavy atom. The van der Waals surface area contributed by atoms with Crippen molar-refractivity contribution in [2.75, 3.05) is 20.7 Å². The monoisotopic (exact) mass is 263 g/mol. The fourth-order valence-corrected chi connectivity index (χ4v) is 2.41. The first kappa shape index (κ1) is 15.7. The van der Waals surface area contributed by atoms with Gasteiger partial charge in [0, 0.05) is 0 Å². The van der Waals surface area contributed by atoms with E-state index in [1.807, 2.05) is 21.0 Å². The van der Waals surface area contributed by atoms with Gasteiger partial charge in [-0.25, -0.2) is 0 Å². The smallest absolute Gasteiger partial charge is 0.307 e. The molecule has 0 heterocycles. The highest BCUT2D eigenvalue weighted by molar-refractivity contribution is 5.71. The Labute approximate surface area is 116 Å². The molecule has 0 spiro atoms. The number of ether oxygens (including phenoxy) is 1. The van der Waals surface area contributed by atoms with E-state index >= 15 is 0 Å². The maximum atomic E-state index is 11.9. The molecule has 1 aromatic rings. The summed E-state index contributed by atoms with van der Waals surface area (Å²) in [6.07, 6.45) is 0.359. The van der Waals surface area contributed by atoms with Crippen molar-refractivity contribution < 1.29 is 9.53 Å². The third kappa shape index (κ3) is 3.57. The molecule has 0 aliphatic carbocycles. The number of hydrogen-bond acceptors (Lipinski definition) is 3. The molecule has 0 saturated carbocycles. The van der Waals surface area contributed by atoms with Crippen LogP contribution in [0.2, 0.25) is 0 Å². The highest BCUT2D eigenvalue weighted by Crippen LogP contribution is 2.33. The maximum absolute atomic E-state index is 11.9. The van der Waals surface area contributed by atoms with Gasteiger partial charge in [-0.15, -0.1) is 0 Å². The van der Waals surface area contributed by atoms with Gasteiger partial charge in [-0.2, -0.15) is 0 Å². The summed E-state index contributed by atoms with van der Waals surface area (Å²) in [5.41, 5.74) is 3.28. The number of carbonyl (C=O) groups excluding carboxylic acids is 1. The van der Waals surface area contributed by atoms with Crippen molar-refractivity contribution in [3.63, 3.8) is 0 Å². The summed E-state index contributed by atoms with van der Waals surface area (Å²) < 4.78 is 5.11. The predicted octanol–water partition coefficient (Wildman–Crippen LogP) is 3.03. The number of hydrogen-bond donors (Lipinski definition) is 0. The normalized spacial score (nSPS) is 14.3. The van der Waals surface area contributed by atoms with Crippen LogP contribution in [0.15, 0.2) is 18.2 Å². The second kappa shape index (κ2) is 6.20. The lowest BCUT2D eigenvalue weighted by Gasteiger charge is -2.37. The maximum Gasteiger partial charge on any atom is 0.307 e. The summed E-state index contributed by atoms with van der Waals surface area (Å²) in [4.78, 5) is 14.0. The van der Waals surface area contributed by atoms with Crippen LogP contribution in [0.1, 0.15) is 37.0 Å². The Bertz CT molecular complexity index is 454. The Kier molecular flexibility index (Phi) is 5.12. The molecule has 3 heteroatoms. The quantitative estimate of drug-likeness (QED) is 0.765. The van der Waals surface area contributed by atoms with Crippen molar-refractivity contribution in [3.05, 3.63) is 34.9 Å². The van der Waals surface area contributed by atoms with Crippen LogP contribution in [-0.2, 0) is 15.1 Å². The van der Waals surface area contributed by atoms with Crippen LogP contribution in [0.3, 0.4) is 0 Å². The number of nitrogens with zero attached hydrogens (tertiary/aromatic N) is 1. The van der Waals surface area contributed by atoms with Gasteiger partial charge in [0.15, 0.2) is 0 Å². The van der Waals surface area contributed by atoms with Gasteiger partial charge in [-0.3, -0.25) is 9.69 Å². The van der Waals surface area contributed by atoms with Crippen LogP contribution in [0.5, 0.6) is 0 Å². The Balaban J connectivity index is 3.14. The van der Waals surface area contributed by atoms with Gasteiger partial charge in [-0.1, -0.05) is 23.8 Å². The van der Waals surface area contributed by atoms with E-state index < -0.39 is 0 Å². The van der Waals surface area contributed by atoms with E-state index in [1.165, 1.54) is 16.7 Å². The molecule has 0 aliphatic heterocycles. The molecule has 0 fully saturated rings. The largest absolute Gasteiger partial charge is 0.466 e. The lowest BCUT2D eigenvalue weighted by molar-refractivity contribution is -0.146. The zero-order valence-corrected chi connectivity index (χ0v) is 12.9. The molecule has 106 valence electrons. The number of carbonyl (C=O) groups is 1.